The predicted molar refractivity (Wildman–Crippen MR) is 241 cm³/mol. The summed E-state index contributed by atoms with van der Waals surface area (Å²) in [4.78, 5) is 25.4. The summed E-state index contributed by atoms with van der Waals surface area (Å²) in [5.74, 6) is 3.99. The molecule has 0 aliphatic rings. The van der Waals surface area contributed by atoms with Crippen LogP contribution in [0.5, 0.6) is 23.0 Å². The van der Waals surface area contributed by atoms with E-state index in [1.165, 1.54) is 49.2 Å². The Balaban J connectivity index is 0.821. The molecule has 0 atom stereocenters. The lowest BCUT2D eigenvalue weighted by Gasteiger charge is -2.08. The van der Waals surface area contributed by atoms with Crippen LogP contribution in [0.15, 0.2) is 116 Å². The molecule has 0 radical (unpaired) electrons. The summed E-state index contributed by atoms with van der Waals surface area (Å²) in [7, 11) is 0. The lowest BCUT2D eigenvalue weighted by Crippen LogP contribution is -2.08. The molecule has 0 N–H and O–H groups in total. The van der Waals surface area contributed by atoms with E-state index in [-0.39, 0.29) is 0 Å². The van der Waals surface area contributed by atoms with Gasteiger partial charge in [-0.2, -0.15) is 0 Å². The average molecular weight is 879 g/mol. The molecule has 4 aromatic carbocycles. The van der Waals surface area contributed by atoms with Crippen LogP contribution in [0, 0.1) is 0 Å². The molecular formula is C48H54N4O8S2. The fraction of sp³-hybridized carbons (Fsp3) is 0.375. The molecule has 12 nitrogen and oxygen atoms in total. The Bertz CT molecular complexity index is 2070. The zero-order valence-corrected chi connectivity index (χ0v) is 37.1. The topological polar surface area (TPSA) is 149 Å². The standard InChI is InChI=1S/C48H54N4O8S2/c1-3-5-7-11-31-55-39-23-19-37(20-24-39)45(53)57-41-27-15-35(16-28-41)43-49-51-47(59-43)61-33-13-9-10-14-34-62-48-52-50-44(60-48)36-17-29-42(30-18-36)58-46(54)38-21-25-40(26-22-38)56-32-12-8-6-4-2/h15-30H,3-14,31-34H2,1-2H3. The van der Waals surface area contributed by atoms with Gasteiger partial charge >= 0.3 is 11.9 Å². The van der Waals surface area contributed by atoms with Crippen LogP contribution in [0.2, 0.25) is 0 Å². The van der Waals surface area contributed by atoms with Crippen molar-refractivity contribution in [2.75, 3.05) is 24.7 Å². The maximum Gasteiger partial charge on any atom is 0.343 e. The highest BCUT2D eigenvalue weighted by atomic mass is 32.2. The van der Waals surface area contributed by atoms with Gasteiger partial charge in [0.25, 0.3) is 10.4 Å². The minimum atomic E-state index is -0.442. The Hall–Kier alpha value is -5.60. The fourth-order valence-corrected chi connectivity index (χ4v) is 7.64. The first-order valence-electron chi connectivity index (χ1n) is 21.5. The minimum Gasteiger partial charge on any atom is -0.494 e. The molecule has 0 fully saturated rings. The van der Waals surface area contributed by atoms with Gasteiger partial charge in [0.05, 0.1) is 24.3 Å². The monoisotopic (exact) mass is 878 g/mol. The zero-order valence-electron chi connectivity index (χ0n) is 35.4. The quantitative estimate of drug-likeness (QED) is 0.0209. The molecule has 0 saturated carbocycles. The van der Waals surface area contributed by atoms with E-state index in [1.54, 1.807) is 97.1 Å². The van der Waals surface area contributed by atoms with Crippen LogP contribution in [-0.4, -0.2) is 57.1 Å². The first kappa shape index (κ1) is 45.9. The van der Waals surface area contributed by atoms with Crippen molar-refractivity contribution in [3.63, 3.8) is 0 Å². The maximum atomic E-state index is 12.7. The van der Waals surface area contributed by atoms with Gasteiger partial charge in [-0.25, -0.2) is 9.59 Å². The van der Waals surface area contributed by atoms with Crippen LogP contribution >= 0.6 is 23.5 Å². The van der Waals surface area contributed by atoms with Gasteiger partial charge < -0.3 is 27.8 Å². The zero-order chi connectivity index (χ0) is 43.2. The molecule has 326 valence electrons. The van der Waals surface area contributed by atoms with Crippen molar-refractivity contribution >= 4 is 35.5 Å². The third-order valence-corrected chi connectivity index (χ3v) is 11.4. The smallest absolute Gasteiger partial charge is 0.343 e. The highest BCUT2D eigenvalue weighted by molar-refractivity contribution is 7.99. The van der Waals surface area contributed by atoms with E-state index in [1.807, 2.05) is 0 Å². The Morgan fingerprint density at radius 2 is 0.823 bits per heavy atom. The van der Waals surface area contributed by atoms with Crippen molar-refractivity contribution in [2.45, 2.75) is 101 Å². The molecule has 2 aromatic heterocycles. The molecule has 0 aliphatic heterocycles. The van der Waals surface area contributed by atoms with Crippen molar-refractivity contribution in [2.24, 2.45) is 0 Å². The number of carbonyl (C=O) groups excluding carboxylic acids is 2. The van der Waals surface area contributed by atoms with Gasteiger partial charge in [-0.15, -0.1) is 20.4 Å². The molecule has 0 amide bonds. The molecule has 6 rings (SSSR count). The molecule has 0 saturated heterocycles. The second kappa shape index (κ2) is 25.4. The molecule has 0 aliphatic carbocycles. The first-order chi connectivity index (χ1) is 30.5. The highest BCUT2D eigenvalue weighted by Crippen LogP contribution is 2.28. The lowest BCUT2D eigenvalue weighted by molar-refractivity contribution is 0.0725. The van der Waals surface area contributed by atoms with Crippen LogP contribution in [0.1, 0.15) is 112 Å². The van der Waals surface area contributed by atoms with Crippen LogP contribution in [0.4, 0.5) is 0 Å². The van der Waals surface area contributed by atoms with Gasteiger partial charge in [-0.05, 0) is 123 Å². The summed E-state index contributed by atoms with van der Waals surface area (Å²) in [5.41, 5.74) is 2.37. The summed E-state index contributed by atoms with van der Waals surface area (Å²) in [6, 6.07) is 28.0. The van der Waals surface area contributed by atoms with E-state index in [0.29, 0.717) is 58.1 Å². The summed E-state index contributed by atoms with van der Waals surface area (Å²) >= 11 is 3.07. The van der Waals surface area contributed by atoms with Crippen molar-refractivity contribution < 1.29 is 37.4 Å². The Morgan fingerprint density at radius 3 is 1.21 bits per heavy atom. The van der Waals surface area contributed by atoms with E-state index in [0.717, 1.165) is 85.5 Å². The Morgan fingerprint density at radius 1 is 0.452 bits per heavy atom. The number of benzene rings is 4. The summed E-state index contributed by atoms with van der Waals surface area (Å²) < 4.78 is 34.4. The fourth-order valence-electron chi connectivity index (χ4n) is 6.12. The van der Waals surface area contributed by atoms with E-state index in [9.17, 15) is 9.59 Å². The van der Waals surface area contributed by atoms with E-state index in [4.69, 9.17) is 27.8 Å². The normalized spacial score (nSPS) is 11.1. The molecule has 62 heavy (non-hydrogen) atoms. The molecule has 0 unspecified atom stereocenters. The maximum absolute atomic E-state index is 12.7. The van der Waals surface area contributed by atoms with Crippen molar-refractivity contribution in [3.05, 3.63) is 108 Å². The number of thioether (sulfide) groups is 2. The van der Waals surface area contributed by atoms with E-state index < -0.39 is 11.9 Å². The second-order valence-corrected chi connectivity index (χ2v) is 16.6. The van der Waals surface area contributed by atoms with Crippen molar-refractivity contribution in [3.8, 4) is 45.9 Å². The van der Waals surface area contributed by atoms with Crippen molar-refractivity contribution in [1.82, 2.24) is 20.4 Å². The van der Waals surface area contributed by atoms with Crippen molar-refractivity contribution in [1.29, 1.82) is 0 Å². The second-order valence-electron chi connectivity index (χ2n) is 14.6. The molecule has 2 heterocycles. The Kier molecular flexibility index (Phi) is 18.8. The first-order valence-corrected chi connectivity index (χ1v) is 23.5. The number of unbranched alkanes of at least 4 members (excludes halogenated alkanes) is 9. The van der Waals surface area contributed by atoms with Gasteiger partial charge in [0.15, 0.2) is 0 Å². The van der Waals surface area contributed by atoms with E-state index >= 15 is 0 Å². The molecule has 14 heteroatoms. The number of ether oxygens (including phenoxy) is 4. The number of hydrogen-bond acceptors (Lipinski definition) is 14. The minimum absolute atomic E-state index is 0.409. The molecule has 0 spiro atoms. The molecule has 0 bridgehead atoms. The van der Waals surface area contributed by atoms with Crippen LogP contribution in [0.25, 0.3) is 22.9 Å². The van der Waals surface area contributed by atoms with Crippen LogP contribution < -0.4 is 18.9 Å². The molecule has 6 aromatic rings. The number of nitrogens with zero attached hydrogens (tertiary/aromatic N) is 4. The number of rotatable bonds is 27. The average Bonchev–Trinajstić information content (AvgIpc) is 3.99. The van der Waals surface area contributed by atoms with Gasteiger partial charge in [0.2, 0.25) is 11.8 Å². The highest BCUT2D eigenvalue weighted by Gasteiger charge is 2.14. The molecular weight excluding hydrogens is 825 g/mol. The number of carbonyl (C=O) groups is 2. The Labute approximate surface area is 371 Å². The van der Waals surface area contributed by atoms with Gasteiger partial charge in [0.1, 0.15) is 23.0 Å². The van der Waals surface area contributed by atoms with Gasteiger partial charge in [0, 0.05) is 22.6 Å². The third kappa shape index (κ3) is 15.1. The van der Waals surface area contributed by atoms with Crippen LogP contribution in [0.3, 0.4) is 0 Å². The predicted octanol–water partition coefficient (Wildman–Crippen LogP) is 12.6. The van der Waals surface area contributed by atoms with Gasteiger partial charge in [-0.1, -0.05) is 88.7 Å². The third-order valence-electron chi connectivity index (χ3n) is 9.64. The summed E-state index contributed by atoms with van der Waals surface area (Å²) in [5, 5.41) is 17.8. The number of aromatic nitrogens is 4. The van der Waals surface area contributed by atoms with Gasteiger partial charge in [-0.3, -0.25) is 0 Å². The van der Waals surface area contributed by atoms with E-state index in [2.05, 4.69) is 34.2 Å². The summed E-state index contributed by atoms with van der Waals surface area (Å²) in [6.45, 7) is 5.70. The number of hydrogen-bond donors (Lipinski definition) is 0. The SMILES string of the molecule is CCCCCCOc1ccc(C(=O)Oc2ccc(-c3nnc(SCCCCCCSc4nnc(-c5ccc(OC(=O)c6ccc(OCCCCCC)cc6)cc5)o4)o3)cc2)cc1. The number of esters is 2. The lowest BCUT2D eigenvalue weighted by atomic mass is 10.2. The van der Waals surface area contributed by atoms with Crippen LogP contribution in [-0.2, 0) is 0 Å². The largest absolute Gasteiger partial charge is 0.494 e. The summed E-state index contributed by atoms with van der Waals surface area (Å²) in [6.07, 6.45) is 13.3.